The van der Waals surface area contributed by atoms with Crippen molar-refractivity contribution in [3.05, 3.63) is 65.9 Å². The van der Waals surface area contributed by atoms with Gasteiger partial charge in [-0.2, -0.15) is 0 Å². The predicted octanol–water partition coefficient (Wildman–Crippen LogP) is 2.82. The van der Waals surface area contributed by atoms with Gasteiger partial charge in [0.1, 0.15) is 11.5 Å². The van der Waals surface area contributed by atoms with Crippen molar-refractivity contribution >= 4 is 11.5 Å². The lowest BCUT2D eigenvalue weighted by Gasteiger charge is -2.02. The van der Waals surface area contributed by atoms with Crippen LogP contribution in [0.3, 0.4) is 0 Å². The number of furan rings is 1. The van der Waals surface area contributed by atoms with Gasteiger partial charge < -0.3 is 13.9 Å². The van der Waals surface area contributed by atoms with Crippen molar-refractivity contribution < 1.29 is 14.3 Å². The summed E-state index contributed by atoms with van der Waals surface area (Å²) in [6, 6.07) is 11.1. The minimum atomic E-state index is -0.922. The molecule has 1 N–H and O–H groups in total. The summed E-state index contributed by atoms with van der Waals surface area (Å²) >= 11 is 0. The zero-order chi connectivity index (χ0) is 12.5. The molecule has 0 bridgehead atoms. The van der Waals surface area contributed by atoms with Gasteiger partial charge in [-0.05, 0) is 42.0 Å². The van der Waals surface area contributed by atoms with Crippen LogP contribution in [0.1, 0.15) is 21.8 Å². The maximum absolute atomic E-state index is 11.0. The summed E-state index contributed by atoms with van der Waals surface area (Å²) in [6.07, 6.45) is 4.13. The molecule has 90 valence electrons. The number of aromatic carboxylic acids is 1. The second-order valence-corrected chi connectivity index (χ2v) is 4.11. The first kappa shape index (κ1) is 10.7. The van der Waals surface area contributed by atoms with E-state index >= 15 is 0 Å². The standard InChI is InChI=1S/C14H11NO3/c16-14(17)13-4-3-11-8-10(5-6-15(11)13)9-12-2-1-7-18-12/h1-8H,9H2,(H,16,17). The number of hydrogen-bond donors (Lipinski definition) is 1. The molecule has 3 rings (SSSR count). The van der Waals surface area contributed by atoms with Gasteiger partial charge in [0.15, 0.2) is 0 Å². The van der Waals surface area contributed by atoms with Crippen molar-refractivity contribution in [1.82, 2.24) is 4.40 Å². The van der Waals surface area contributed by atoms with E-state index in [2.05, 4.69) is 0 Å². The first-order valence-corrected chi connectivity index (χ1v) is 5.60. The van der Waals surface area contributed by atoms with Crippen molar-refractivity contribution in [3.63, 3.8) is 0 Å². The number of fused-ring (bicyclic) bond motifs is 1. The summed E-state index contributed by atoms with van der Waals surface area (Å²) in [5.74, 6) is -0.0295. The van der Waals surface area contributed by atoms with E-state index in [9.17, 15) is 4.79 Å². The molecule has 18 heavy (non-hydrogen) atoms. The zero-order valence-corrected chi connectivity index (χ0v) is 9.54. The molecule has 4 heteroatoms. The molecule has 0 saturated carbocycles. The smallest absolute Gasteiger partial charge is 0.352 e. The van der Waals surface area contributed by atoms with Crippen LogP contribution in [0.4, 0.5) is 0 Å². The van der Waals surface area contributed by atoms with Gasteiger partial charge in [0, 0.05) is 18.1 Å². The lowest BCUT2D eigenvalue weighted by molar-refractivity contribution is 0.0689. The Morgan fingerprint density at radius 3 is 2.89 bits per heavy atom. The number of pyridine rings is 1. The zero-order valence-electron chi connectivity index (χ0n) is 9.54. The molecule has 0 aliphatic heterocycles. The average molecular weight is 241 g/mol. The highest BCUT2D eigenvalue weighted by Crippen LogP contribution is 2.15. The predicted molar refractivity (Wildman–Crippen MR) is 65.9 cm³/mol. The largest absolute Gasteiger partial charge is 0.477 e. The van der Waals surface area contributed by atoms with Crippen molar-refractivity contribution in [3.8, 4) is 0 Å². The van der Waals surface area contributed by atoms with Crippen molar-refractivity contribution in [1.29, 1.82) is 0 Å². The second kappa shape index (κ2) is 4.07. The van der Waals surface area contributed by atoms with Gasteiger partial charge in [0.05, 0.1) is 6.26 Å². The molecule has 0 unspecified atom stereocenters. The SMILES string of the molecule is O=C(O)c1ccc2cc(Cc3ccco3)ccn12. The van der Waals surface area contributed by atoms with E-state index in [0.717, 1.165) is 16.8 Å². The number of rotatable bonds is 3. The molecule has 0 saturated heterocycles. The Labute approximate surface area is 103 Å². The number of carboxylic acids is 1. The monoisotopic (exact) mass is 241 g/mol. The van der Waals surface area contributed by atoms with Crippen LogP contribution in [-0.2, 0) is 6.42 Å². The molecular weight excluding hydrogens is 230 g/mol. The van der Waals surface area contributed by atoms with Crippen LogP contribution < -0.4 is 0 Å². The fraction of sp³-hybridized carbons (Fsp3) is 0.0714. The van der Waals surface area contributed by atoms with Gasteiger partial charge in [-0.1, -0.05) is 0 Å². The quantitative estimate of drug-likeness (QED) is 0.767. The number of carbonyl (C=O) groups is 1. The first-order chi connectivity index (χ1) is 8.74. The summed E-state index contributed by atoms with van der Waals surface area (Å²) in [6.45, 7) is 0. The summed E-state index contributed by atoms with van der Waals surface area (Å²) in [7, 11) is 0. The van der Waals surface area contributed by atoms with Crippen LogP contribution in [0.5, 0.6) is 0 Å². The molecule has 0 amide bonds. The van der Waals surface area contributed by atoms with E-state index in [4.69, 9.17) is 9.52 Å². The minimum absolute atomic E-state index is 0.273. The fourth-order valence-corrected chi connectivity index (χ4v) is 2.05. The van der Waals surface area contributed by atoms with E-state index < -0.39 is 5.97 Å². The Hall–Kier alpha value is -2.49. The molecule has 3 aromatic heterocycles. The highest BCUT2D eigenvalue weighted by Gasteiger charge is 2.09. The molecule has 0 aliphatic carbocycles. The van der Waals surface area contributed by atoms with Gasteiger partial charge in [0.25, 0.3) is 0 Å². The van der Waals surface area contributed by atoms with Crippen molar-refractivity contribution in [2.24, 2.45) is 0 Å². The van der Waals surface area contributed by atoms with E-state index in [-0.39, 0.29) is 5.69 Å². The van der Waals surface area contributed by atoms with Crippen LogP contribution in [0.15, 0.2) is 53.3 Å². The number of aromatic nitrogens is 1. The summed E-state index contributed by atoms with van der Waals surface area (Å²) in [5, 5.41) is 9.01. The molecule has 3 heterocycles. The van der Waals surface area contributed by atoms with Crippen LogP contribution in [-0.4, -0.2) is 15.5 Å². The minimum Gasteiger partial charge on any atom is -0.477 e. The molecule has 0 atom stereocenters. The highest BCUT2D eigenvalue weighted by molar-refractivity contribution is 5.87. The molecule has 4 nitrogen and oxygen atoms in total. The fourth-order valence-electron chi connectivity index (χ4n) is 2.05. The van der Waals surface area contributed by atoms with Gasteiger partial charge in [-0.15, -0.1) is 0 Å². The highest BCUT2D eigenvalue weighted by atomic mass is 16.4. The maximum atomic E-state index is 11.0. The van der Waals surface area contributed by atoms with Crippen molar-refractivity contribution in [2.75, 3.05) is 0 Å². The van der Waals surface area contributed by atoms with Crippen LogP contribution in [0, 0.1) is 0 Å². The molecule has 0 aromatic carbocycles. The average Bonchev–Trinajstić information content (AvgIpc) is 2.97. The third kappa shape index (κ3) is 1.78. The molecule has 0 radical (unpaired) electrons. The Balaban J connectivity index is 1.99. The van der Waals surface area contributed by atoms with Gasteiger partial charge in [-0.3, -0.25) is 0 Å². The Morgan fingerprint density at radius 1 is 1.28 bits per heavy atom. The molecule has 0 fully saturated rings. The summed E-state index contributed by atoms with van der Waals surface area (Å²) in [5.41, 5.74) is 2.23. The molecule has 3 aromatic rings. The van der Waals surface area contributed by atoms with Crippen molar-refractivity contribution in [2.45, 2.75) is 6.42 Å². The molecule has 0 aliphatic rings. The van der Waals surface area contributed by atoms with E-state index in [1.54, 1.807) is 29.0 Å². The van der Waals surface area contributed by atoms with E-state index in [1.165, 1.54) is 0 Å². The van der Waals surface area contributed by atoms with Gasteiger partial charge >= 0.3 is 5.97 Å². The third-order valence-electron chi connectivity index (χ3n) is 2.90. The first-order valence-electron chi connectivity index (χ1n) is 5.60. The number of nitrogens with zero attached hydrogens (tertiary/aromatic N) is 1. The topological polar surface area (TPSA) is 54.8 Å². The number of hydrogen-bond acceptors (Lipinski definition) is 2. The lowest BCUT2D eigenvalue weighted by Crippen LogP contribution is -2.01. The maximum Gasteiger partial charge on any atom is 0.352 e. The normalized spacial score (nSPS) is 10.9. The summed E-state index contributed by atoms with van der Waals surface area (Å²) < 4.78 is 6.95. The second-order valence-electron chi connectivity index (χ2n) is 4.11. The Morgan fingerprint density at radius 2 is 2.17 bits per heavy atom. The molecular formula is C14H11NO3. The Kier molecular flexibility index (Phi) is 2.41. The van der Waals surface area contributed by atoms with E-state index in [1.807, 2.05) is 24.3 Å². The summed E-state index contributed by atoms with van der Waals surface area (Å²) in [4.78, 5) is 11.0. The third-order valence-corrected chi connectivity index (χ3v) is 2.90. The lowest BCUT2D eigenvalue weighted by atomic mass is 10.1. The van der Waals surface area contributed by atoms with Crippen LogP contribution in [0.2, 0.25) is 0 Å². The van der Waals surface area contributed by atoms with Crippen LogP contribution >= 0.6 is 0 Å². The Bertz CT molecular complexity index is 695. The van der Waals surface area contributed by atoms with Crippen LogP contribution in [0.25, 0.3) is 5.52 Å². The molecule has 0 spiro atoms. The van der Waals surface area contributed by atoms with Gasteiger partial charge in [-0.25, -0.2) is 4.79 Å². The number of carboxylic acid groups (broad SMARTS) is 1. The van der Waals surface area contributed by atoms with Gasteiger partial charge in [0.2, 0.25) is 0 Å². The van der Waals surface area contributed by atoms with E-state index in [0.29, 0.717) is 6.42 Å².